The van der Waals surface area contributed by atoms with Gasteiger partial charge in [-0.3, -0.25) is 9.59 Å². The first kappa shape index (κ1) is 21.1. The van der Waals surface area contributed by atoms with Crippen molar-refractivity contribution >= 4 is 40.7 Å². The fourth-order valence-electron chi connectivity index (χ4n) is 4.08. The van der Waals surface area contributed by atoms with Crippen LogP contribution in [0.5, 0.6) is 0 Å². The summed E-state index contributed by atoms with van der Waals surface area (Å²) < 4.78 is 0. The Labute approximate surface area is 196 Å². The van der Waals surface area contributed by atoms with Crippen molar-refractivity contribution in [1.82, 2.24) is 0 Å². The van der Waals surface area contributed by atoms with Gasteiger partial charge >= 0.3 is 5.97 Å². The molecule has 0 unspecified atom stereocenters. The fraction of sp³-hybridized carbons (Fsp3) is 0. The van der Waals surface area contributed by atoms with E-state index in [1.54, 1.807) is 6.08 Å². The largest absolute Gasteiger partial charge is 0.478 e. The molecule has 5 nitrogen and oxygen atoms in total. The number of para-hydroxylation sites is 2. The van der Waals surface area contributed by atoms with Crippen molar-refractivity contribution in [3.63, 3.8) is 0 Å². The van der Waals surface area contributed by atoms with Gasteiger partial charge < -0.3 is 10.0 Å². The van der Waals surface area contributed by atoms with Crippen LogP contribution in [0.4, 0.5) is 17.1 Å². The first-order valence-corrected chi connectivity index (χ1v) is 10.7. The Morgan fingerprint density at radius 1 is 0.647 bits per heavy atom. The maximum absolute atomic E-state index is 12.8. The number of nitrogens with zero attached hydrogens (tertiary/aromatic N) is 1. The van der Waals surface area contributed by atoms with Crippen molar-refractivity contribution < 1.29 is 19.5 Å². The van der Waals surface area contributed by atoms with Gasteiger partial charge in [-0.25, -0.2) is 4.79 Å². The molecule has 164 valence electrons. The van der Waals surface area contributed by atoms with Crippen molar-refractivity contribution in [2.24, 2.45) is 0 Å². The monoisotopic (exact) mass is 445 g/mol. The molecule has 0 amide bonds. The summed E-state index contributed by atoms with van der Waals surface area (Å²) in [7, 11) is 0. The molecule has 0 saturated heterocycles. The normalized spacial score (nSPS) is 13.7. The summed E-state index contributed by atoms with van der Waals surface area (Å²) in [5, 5.41) is 9.19. The summed E-state index contributed by atoms with van der Waals surface area (Å²) >= 11 is 0. The lowest BCUT2D eigenvalue weighted by Gasteiger charge is -2.25. The van der Waals surface area contributed by atoms with E-state index in [0.29, 0.717) is 5.56 Å². The third kappa shape index (κ3) is 3.80. The number of anilines is 3. The lowest BCUT2D eigenvalue weighted by Crippen LogP contribution is -2.09. The molecule has 4 aromatic rings. The number of hydrogen-bond donors (Lipinski definition) is 1. The molecule has 5 rings (SSSR count). The highest BCUT2D eigenvalue weighted by Crippen LogP contribution is 2.35. The Morgan fingerprint density at radius 2 is 1.18 bits per heavy atom. The van der Waals surface area contributed by atoms with Gasteiger partial charge in [0, 0.05) is 28.2 Å². The van der Waals surface area contributed by atoms with E-state index in [-0.39, 0.29) is 22.3 Å². The minimum atomic E-state index is -1.14. The summed E-state index contributed by atoms with van der Waals surface area (Å²) in [5.74, 6) is -1.99. The van der Waals surface area contributed by atoms with E-state index in [4.69, 9.17) is 0 Å². The number of aromatic carboxylic acids is 1. The second-order valence-corrected chi connectivity index (χ2v) is 7.88. The van der Waals surface area contributed by atoms with E-state index in [1.165, 1.54) is 18.2 Å². The van der Waals surface area contributed by atoms with Crippen molar-refractivity contribution in [1.29, 1.82) is 0 Å². The second kappa shape index (κ2) is 8.64. The summed E-state index contributed by atoms with van der Waals surface area (Å²) in [6.45, 7) is 0. The van der Waals surface area contributed by atoms with E-state index in [9.17, 15) is 19.5 Å². The first-order valence-electron chi connectivity index (χ1n) is 10.7. The van der Waals surface area contributed by atoms with Crippen LogP contribution < -0.4 is 4.90 Å². The van der Waals surface area contributed by atoms with Gasteiger partial charge in [-0.15, -0.1) is 0 Å². The van der Waals surface area contributed by atoms with Crippen LogP contribution in [0.3, 0.4) is 0 Å². The van der Waals surface area contributed by atoms with Crippen LogP contribution in [0, 0.1) is 0 Å². The van der Waals surface area contributed by atoms with Gasteiger partial charge in [0.25, 0.3) is 0 Å². The minimum Gasteiger partial charge on any atom is -0.478 e. The number of carboxylic acid groups (broad SMARTS) is 1. The van der Waals surface area contributed by atoms with Crippen LogP contribution in [-0.4, -0.2) is 22.6 Å². The number of carboxylic acids is 1. The average molecular weight is 445 g/mol. The van der Waals surface area contributed by atoms with Crippen LogP contribution in [0.15, 0.2) is 109 Å². The van der Waals surface area contributed by atoms with Crippen LogP contribution in [0.25, 0.3) is 6.08 Å². The zero-order valence-corrected chi connectivity index (χ0v) is 18.0. The average Bonchev–Trinajstić information content (AvgIpc) is 3.11. The molecule has 0 atom stereocenters. The highest BCUT2D eigenvalue weighted by atomic mass is 16.4. The standard InChI is InChI=1S/C29H19NO4/c31-27-24-16-13-20(29(33)34)18-25(24)28(32)26(27)17-19-11-14-23(15-12-19)30(21-7-3-1-4-8-21)22-9-5-2-6-10-22/h1-18H,(H,33,34)/b26-17-. The highest BCUT2D eigenvalue weighted by molar-refractivity contribution is 6.41. The molecule has 0 saturated carbocycles. The van der Waals surface area contributed by atoms with Crippen molar-refractivity contribution in [2.45, 2.75) is 0 Å². The molecule has 5 heteroatoms. The van der Waals surface area contributed by atoms with E-state index < -0.39 is 17.5 Å². The number of benzene rings is 4. The molecule has 1 N–H and O–H groups in total. The lowest BCUT2D eigenvalue weighted by molar-refractivity contribution is 0.0696. The maximum Gasteiger partial charge on any atom is 0.335 e. The zero-order chi connectivity index (χ0) is 23.7. The molecule has 0 aliphatic heterocycles. The van der Waals surface area contributed by atoms with E-state index in [1.807, 2.05) is 84.9 Å². The molecule has 0 radical (unpaired) electrons. The number of hydrogen-bond acceptors (Lipinski definition) is 4. The van der Waals surface area contributed by atoms with E-state index >= 15 is 0 Å². The predicted octanol–water partition coefficient (Wildman–Crippen LogP) is 6.32. The molecule has 4 aromatic carbocycles. The van der Waals surface area contributed by atoms with Crippen molar-refractivity contribution in [3.05, 3.63) is 131 Å². The second-order valence-electron chi connectivity index (χ2n) is 7.88. The van der Waals surface area contributed by atoms with Crippen molar-refractivity contribution in [3.8, 4) is 0 Å². The van der Waals surface area contributed by atoms with Crippen molar-refractivity contribution in [2.75, 3.05) is 4.90 Å². The maximum atomic E-state index is 12.8. The van der Waals surface area contributed by atoms with Crippen LogP contribution >= 0.6 is 0 Å². The Hall–Kier alpha value is -4.77. The van der Waals surface area contributed by atoms with Crippen LogP contribution in [-0.2, 0) is 0 Å². The summed E-state index contributed by atoms with van der Waals surface area (Å²) in [5.41, 5.74) is 4.02. The molecular weight excluding hydrogens is 426 g/mol. The van der Waals surface area contributed by atoms with Crippen LogP contribution in [0.2, 0.25) is 0 Å². The third-order valence-corrected chi connectivity index (χ3v) is 5.74. The van der Waals surface area contributed by atoms with Gasteiger partial charge in [0.2, 0.25) is 0 Å². The number of rotatable bonds is 5. The van der Waals surface area contributed by atoms with Crippen LogP contribution in [0.1, 0.15) is 36.6 Å². The molecule has 0 fully saturated rings. The molecule has 1 aliphatic rings. The predicted molar refractivity (Wildman–Crippen MR) is 131 cm³/mol. The first-order chi connectivity index (χ1) is 16.5. The highest BCUT2D eigenvalue weighted by Gasteiger charge is 2.33. The summed E-state index contributed by atoms with van der Waals surface area (Å²) in [6, 6.07) is 31.6. The number of carbonyl (C=O) groups is 3. The molecule has 0 spiro atoms. The smallest absolute Gasteiger partial charge is 0.335 e. The number of Topliss-reactive ketones (excluding diaryl/α,β-unsaturated/α-hetero) is 2. The van der Waals surface area contributed by atoms with Gasteiger partial charge in [0.15, 0.2) is 11.6 Å². The van der Waals surface area contributed by atoms with Gasteiger partial charge in [-0.1, -0.05) is 48.5 Å². The van der Waals surface area contributed by atoms with Gasteiger partial charge in [0.1, 0.15) is 0 Å². The Balaban J connectivity index is 1.49. The zero-order valence-electron chi connectivity index (χ0n) is 18.0. The fourth-order valence-corrected chi connectivity index (χ4v) is 4.08. The molecule has 0 heterocycles. The molecule has 34 heavy (non-hydrogen) atoms. The molecule has 0 bridgehead atoms. The number of allylic oxidation sites excluding steroid dienone is 1. The number of carbonyl (C=O) groups excluding carboxylic acids is 2. The molecular formula is C29H19NO4. The number of ketones is 2. The molecule has 0 aromatic heterocycles. The third-order valence-electron chi connectivity index (χ3n) is 5.74. The topological polar surface area (TPSA) is 74.7 Å². The summed E-state index contributed by atoms with van der Waals surface area (Å²) in [6.07, 6.45) is 1.56. The Kier molecular flexibility index (Phi) is 5.36. The Morgan fingerprint density at radius 3 is 1.74 bits per heavy atom. The lowest BCUT2D eigenvalue weighted by atomic mass is 10.1. The van der Waals surface area contributed by atoms with Gasteiger partial charge in [-0.05, 0) is 66.2 Å². The summed E-state index contributed by atoms with van der Waals surface area (Å²) in [4.78, 5) is 39.0. The van der Waals surface area contributed by atoms with Gasteiger partial charge in [0.05, 0.1) is 11.1 Å². The quantitative estimate of drug-likeness (QED) is 0.288. The van der Waals surface area contributed by atoms with E-state index in [2.05, 4.69) is 4.90 Å². The minimum absolute atomic E-state index is 0.0209. The Bertz CT molecular complexity index is 1400. The SMILES string of the molecule is O=C(O)c1ccc2c(c1)C(=O)/C(=C\c1ccc(N(c3ccccc3)c3ccccc3)cc1)C2=O. The number of fused-ring (bicyclic) bond motifs is 1. The van der Waals surface area contributed by atoms with E-state index in [0.717, 1.165) is 17.1 Å². The van der Waals surface area contributed by atoms with Gasteiger partial charge in [-0.2, -0.15) is 0 Å². The molecule has 1 aliphatic carbocycles.